The first-order valence-corrected chi connectivity index (χ1v) is 8.12. The molecule has 0 spiro atoms. The zero-order valence-corrected chi connectivity index (χ0v) is 14.4. The molecule has 0 N–H and O–H groups in total. The Labute approximate surface area is 155 Å². The van der Waals surface area contributed by atoms with Gasteiger partial charge in [-0.15, -0.1) is 13.2 Å². The minimum absolute atomic E-state index is 0.0255. The van der Waals surface area contributed by atoms with Crippen LogP contribution >= 0.6 is 0 Å². The molecule has 0 unspecified atom stereocenters. The van der Waals surface area contributed by atoms with Crippen LogP contribution < -0.4 is 4.74 Å². The Morgan fingerprint density at radius 2 is 1.75 bits per heavy atom. The number of ketones is 2. The highest BCUT2D eigenvalue weighted by molar-refractivity contribution is 6.27. The minimum Gasteiger partial charge on any atom is -0.404 e. The summed E-state index contributed by atoms with van der Waals surface area (Å²) in [5.74, 6) is -4.11. The lowest BCUT2D eigenvalue weighted by molar-refractivity contribution is -0.274. The molecule has 9 heteroatoms. The van der Waals surface area contributed by atoms with E-state index in [0.717, 1.165) is 18.3 Å². The number of pyridine rings is 1. The maximum Gasteiger partial charge on any atom is 0.573 e. The van der Waals surface area contributed by atoms with Crippen molar-refractivity contribution in [1.82, 2.24) is 4.98 Å². The Morgan fingerprint density at radius 1 is 1.04 bits per heavy atom. The van der Waals surface area contributed by atoms with Crippen molar-refractivity contribution >= 4 is 11.6 Å². The van der Waals surface area contributed by atoms with E-state index < -0.39 is 40.9 Å². The van der Waals surface area contributed by atoms with Gasteiger partial charge in [0.25, 0.3) is 0 Å². The first-order valence-electron chi connectivity index (χ1n) is 8.12. The Morgan fingerprint density at radius 3 is 2.32 bits per heavy atom. The van der Waals surface area contributed by atoms with Crippen molar-refractivity contribution in [3.05, 3.63) is 70.1 Å². The Hall–Kier alpha value is -3.10. The number of hydrogen-bond donors (Lipinski definition) is 0. The SMILES string of the molecule is CCC1=C(Cc2ccc(OC(F)(F)F)cn2)C(=O)c2c(F)cc(F)cc2C1=O. The summed E-state index contributed by atoms with van der Waals surface area (Å²) in [5, 5.41) is 0. The standard InChI is InChI=1S/C19H12F5NO3/c1-2-12-13(7-10-3-4-11(8-25-10)28-19(22,23)24)18(27)16-14(17(12)26)5-9(20)6-15(16)21/h3-6,8H,2,7H2,1H3. The van der Waals surface area contributed by atoms with Crippen molar-refractivity contribution in [2.45, 2.75) is 26.1 Å². The largest absolute Gasteiger partial charge is 0.573 e. The number of alkyl halides is 3. The molecule has 3 rings (SSSR count). The van der Waals surface area contributed by atoms with Crippen LogP contribution in [-0.4, -0.2) is 22.9 Å². The highest BCUT2D eigenvalue weighted by Crippen LogP contribution is 2.32. The van der Waals surface area contributed by atoms with E-state index in [1.807, 2.05) is 0 Å². The third-order valence-electron chi connectivity index (χ3n) is 4.18. The number of nitrogens with zero attached hydrogens (tertiary/aromatic N) is 1. The average molecular weight is 397 g/mol. The quantitative estimate of drug-likeness (QED) is 0.709. The van der Waals surface area contributed by atoms with Crippen molar-refractivity contribution in [1.29, 1.82) is 0 Å². The molecule has 1 aliphatic carbocycles. The van der Waals surface area contributed by atoms with Crippen molar-refractivity contribution in [2.75, 3.05) is 0 Å². The molecule has 0 saturated heterocycles. The minimum atomic E-state index is -4.87. The summed E-state index contributed by atoms with van der Waals surface area (Å²) in [6, 6.07) is 3.55. The maximum absolute atomic E-state index is 14.1. The van der Waals surface area contributed by atoms with E-state index in [-0.39, 0.29) is 35.2 Å². The number of allylic oxidation sites excluding steroid dienone is 2. The van der Waals surface area contributed by atoms with Crippen LogP contribution in [0, 0.1) is 11.6 Å². The lowest BCUT2D eigenvalue weighted by Crippen LogP contribution is -2.25. The fourth-order valence-electron chi connectivity index (χ4n) is 3.02. The third kappa shape index (κ3) is 3.78. The molecule has 28 heavy (non-hydrogen) atoms. The van der Waals surface area contributed by atoms with Crippen molar-refractivity contribution in [2.24, 2.45) is 0 Å². The summed E-state index contributed by atoms with van der Waals surface area (Å²) in [6.07, 6.45) is -4.11. The van der Waals surface area contributed by atoms with E-state index in [2.05, 4.69) is 9.72 Å². The van der Waals surface area contributed by atoms with Gasteiger partial charge in [0.15, 0.2) is 11.6 Å². The second-order valence-electron chi connectivity index (χ2n) is 5.99. The van der Waals surface area contributed by atoms with Gasteiger partial charge in [-0.25, -0.2) is 8.78 Å². The molecule has 1 aliphatic rings. The fraction of sp³-hybridized carbons (Fsp3) is 0.211. The number of fused-ring (bicyclic) bond motifs is 1. The summed E-state index contributed by atoms with van der Waals surface area (Å²) in [6.45, 7) is 1.61. The van der Waals surface area contributed by atoms with Gasteiger partial charge in [-0.05, 0) is 24.6 Å². The molecule has 0 bridgehead atoms. The van der Waals surface area contributed by atoms with E-state index in [9.17, 15) is 31.5 Å². The first-order chi connectivity index (χ1) is 13.1. The molecule has 0 atom stereocenters. The molecule has 0 fully saturated rings. The molecule has 1 aromatic heterocycles. The molecular weight excluding hydrogens is 385 g/mol. The molecule has 1 aromatic carbocycles. The predicted octanol–water partition coefficient (Wildman–Crippen LogP) is 4.59. The van der Waals surface area contributed by atoms with E-state index in [1.54, 1.807) is 6.92 Å². The molecule has 2 aromatic rings. The number of carbonyl (C=O) groups is 2. The van der Waals surface area contributed by atoms with Crippen molar-refractivity contribution < 1.29 is 36.3 Å². The molecule has 0 aliphatic heterocycles. The summed E-state index contributed by atoms with van der Waals surface area (Å²) in [7, 11) is 0. The van der Waals surface area contributed by atoms with Crippen LogP contribution in [-0.2, 0) is 6.42 Å². The van der Waals surface area contributed by atoms with Gasteiger partial charge in [0.2, 0.25) is 0 Å². The third-order valence-corrected chi connectivity index (χ3v) is 4.18. The molecule has 0 amide bonds. The fourth-order valence-corrected chi connectivity index (χ4v) is 3.02. The van der Waals surface area contributed by atoms with Gasteiger partial charge in [-0.3, -0.25) is 14.6 Å². The molecular formula is C19H12F5NO3. The zero-order chi connectivity index (χ0) is 20.6. The van der Waals surface area contributed by atoms with Crippen LogP contribution in [0.15, 0.2) is 41.6 Å². The van der Waals surface area contributed by atoms with Crippen LogP contribution in [0.1, 0.15) is 39.8 Å². The second-order valence-corrected chi connectivity index (χ2v) is 5.99. The maximum atomic E-state index is 14.1. The average Bonchev–Trinajstić information content (AvgIpc) is 2.59. The summed E-state index contributed by atoms with van der Waals surface area (Å²) < 4.78 is 68.0. The Bertz CT molecular complexity index is 994. The Kier molecular flexibility index (Phi) is 5.01. The van der Waals surface area contributed by atoms with E-state index in [1.165, 1.54) is 6.07 Å². The number of benzene rings is 1. The second kappa shape index (κ2) is 7.14. The smallest absolute Gasteiger partial charge is 0.404 e. The predicted molar refractivity (Wildman–Crippen MR) is 87.0 cm³/mol. The number of halogens is 5. The van der Waals surface area contributed by atoms with Crippen LogP contribution in [0.5, 0.6) is 5.75 Å². The van der Waals surface area contributed by atoms with Gasteiger partial charge in [0, 0.05) is 34.9 Å². The van der Waals surface area contributed by atoms with Gasteiger partial charge in [0.05, 0.1) is 11.8 Å². The van der Waals surface area contributed by atoms with E-state index in [4.69, 9.17) is 0 Å². The number of Topliss-reactive ketones (excluding diaryl/α,β-unsaturated/α-hetero) is 2. The summed E-state index contributed by atoms with van der Waals surface area (Å²) in [4.78, 5) is 29.2. The number of carbonyl (C=O) groups excluding carboxylic acids is 2. The van der Waals surface area contributed by atoms with Crippen LogP contribution in [0.4, 0.5) is 22.0 Å². The lowest BCUT2D eigenvalue weighted by atomic mass is 9.81. The first kappa shape index (κ1) is 19.7. The normalized spacial score (nSPS) is 14.4. The van der Waals surface area contributed by atoms with Crippen molar-refractivity contribution in [3.8, 4) is 5.75 Å². The number of rotatable bonds is 4. The van der Waals surface area contributed by atoms with Gasteiger partial charge in [-0.2, -0.15) is 0 Å². The van der Waals surface area contributed by atoms with Crippen LogP contribution in [0.25, 0.3) is 0 Å². The van der Waals surface area contributed by atoms with Crippen LogP contribution in [0.3, 0.4) is 0 Å². The zero-order valence-electron chi connectivity index (χ0n) is 14.4. The highest BCUT2D eigenvalue weighted by Gasteiger charge is 2.34. The van der Waals surface area contributed by atoms with Gasteiger partial charge >= 0.3 is 6.36 Å². The molecule has 0 saturated carbocycles. The highest BCUT2D eigenvalue weighted by atomic mass is 19.4. The van der Waals surface area contributed by atoms with Gasteiger partial charge < -0.3 is 4.74 Å². The topological polar surface area (TPSA) is 56.3 Å². The Balaban J connectivity index is 1.96. The van der Waals surface area contributed by atoms with Crippen molar-refractivity contribution in [3.63, 3.8) is 0 Å². The van der Waals surface area contributed by atoms with E-state index in [0.29, 0.717) is 6.07 Å². The summed E-state index contributed by atoms with van der Waals surface area (Å²) in [5.41, 5.74) is -0.620. The number of ether oxygens (including phenoxy) is 1. The van der Waals surface area contributed by atoms with Gasteiger partial charge in [0.1, 0.15) is 17.4 Å². The van der Waals surface area contributed by atoms with E-state index >= 15 is 0 Å². The lowest BCUT2D eigenvalue weighted by Gasteiger charge is -2.21. The monoisotopic (exact) mass is 397 g/mol. The molecule has 1 heterocycles. The van der Waals surface area contributed by atoms with Gasteiger partial charge in [-0.1, -0.05) is 6.92 Å². The van der Waals surface area contributed by atoms with Crippen LogP contribution in [0.2, 0.25) is 0 Å². The molecule has 146 valence electrons. The number of hydrogen-bond acceptors (Lipinski definition) is 4. The number of aromatic nitrogens is 1. The molecule has 4 nitrogen and oxygen atoms in total. The summed E-state index contributed by atoms with van der Waals surface area (Å²) >= 11 is 0. The molecule has 0 radical (unpaired) electrons.